The summed E-state index contributed by atoms with van der Waals surface area (Å²) in [5.41, 5.74) is 0.544. The largest absolute Gasteiger partial charge is 0.490 e. The Morgan fingerprint density at radius 3 is 2.47 bits per heavy atom. The summed E-state index contributed by atoms with van der Waals surface area (Å²) >= 11 is 0. The smallest absolute Gasteiger partial charge is 0.172 e. The van der Waals surface area contributed by atoms with Gasteiger partial charge in [0.05, 0.1) is 18.3 Å². The fourth-order valence-electron chi connectivity index (χ4n) is 1.64. The molecule has 0 saturated heterocycles. The Kier molecular flexibility index (Phi) is 5.53. The Hall–Kier alpha value is -1.51. The molecule has 0 fully saturated rings. The topological polar surface area (TPSA) is 35.5 Å². The molecule has 0 saturated carbocycles. The second-order valence-electron chi connectivity index (χ2n) is 3.78. The summed E-state index contributed by atoms with van der Waals surface area (Å²) in [5, 5.41) is 0. The van der Waals surface area contributed by atoms with Crippen LogP contribution in [0.15, 0.2) is 18.2 Å². The molecule has 0 amide bonds. The SMILES string of the molecule is CCOc1cccc(C=O)c1OC(CC)CC. The van der Waals surface area contributed by atoms with Gasteiger partial charge in [0.15, 0.2) is 17.8 Å². The van der Waals surface area contributed by atoms with Crippen molar-refractivity contribution in [3.63, 3.8) is 0 Å². The van der Waals surface area contributed by atoms with Gasteiger partial charge in [-0.2, -0.15) is 0 Å². The van der Waals surface area contributed by atoms with E-state index in [0.717, 1.165) is 19.1 Å². The van der Waals surface area contributed by atoms with Gasteiger partial charge >= 0.3 is 0 Å². The van der Waals surface area contributed by atoms with Gasteiger partial charge in [0.2, 0.25) is 0 Å². The van der Waals surface area contributed by atoms with E-state index in [-0.39, 0.29) is 6.10 Å². The van der Waals surface area contributed by atoms with Crippen molar-refractivity contribution in [3.05, 3.63) is 23.8 Å². The van der Waals surface area contributed by atoms with Gasteiger partial charge in [-0.05, 0) is 31.9 Å². The molecule has 94 valence electrons. The quantitative estimate of drug-likeness (QED) is 0.680. The molecule has 0 aliphatic carbocycles. The Morgan fingerprint density at radius 1 is 1.24 bits per heavy atom. The molecule has 3 heteroatoms. The van der Waals surface area contributed by atoms with Crippen LogP contribution in [0.5, 0.6) is 11.5 Å². The zero-order valence-electron chi connectivity index (χ0n) is 10.7. The molecule has 1 aromatic rings. The zero-order chi connectivity index (χ0) is 12.7. The molecule has 3 nitrogen and oxygen atoms in total. The van der Waals surface area contributed by atoms with Crippen LogP contribution in [0, 0.1) is 0 Å². The number of para-hydroxylation sites is 1. The first-order valence-electron chi connectivity index (χ1n) is 6.14. The van der Waals surface area contributed by atoms with Crippen LogP contribution in [-0.2, 0) is 0 Å². The second-order valence-corrected chi connectivity index (χ2v) is 3.78. The Bertz CT molecular complexity index is 356. The molecule has 0 bridgehead atoms. The first-order chi connectivity index (χ1) is 8.26. The lowest BCUT2D eigenvalue weighted by Gasteiger charge is -2.19. The van der Waals surface area contributed by atoms with Crippen LogP contribution in [0.3, 0.4) is 0 Å². The number of hydrogen-bond acceptors (Lipinski definition) is 3. The highest BCUT2D eigenvalue weighted by Crippen LogP contribution is 2.32. The normalized spacial score (nSPS) is 10.4. The number of aldehydes is 1. The highest BCUT2D eigenvalue weighted by Gasteiger charge is 2.14. The van der Waals surface area contributed by atoms with Gasteiger partial charge in [0, 0.05) is 0 Å². The van der Waals surface area contributed by atoms with Gasteiger partial charge in [-0.15, -0.1) is 0 Å². The Balaban J connectivity index is 3.03. The number of ether oxygens (including phenoxy) is 2. The van der Waals surface area contributed by atoms with Crippen LogP contribution in [-0.4, -0.2) is 19.0 Å². The molecule has 0 spiro atoms. The van der Waals surface area contributed by atoms with Crippen molar-refractivity contribution in [1.82, 2.24) is 0 Å². The molecular formula is C14H20O3. The average Bonchev–Trinajstić information content (AvgIpc) is 2.37. The molecule has 0 atom stereocenters. The average molecular weight is 236 g/mol. The van der Waals surface area contributed by atoms with E-state index in [2.05, 4.69) is 13.8 Å². The van der Waals surface area contributed by atoms with Crippen molar-refractivity contribution in [2.45, 2.75) is 39.7 Å². The predicted octanol–water partition coefficient (Wildman–Crippen LogP) is 3.47. The molecule has 0 aliphatic heterocycles. The summed E-state index contributed by atoms with van der Waals surface area (Å²) in [6.07, 6.45) is 2.75. The lowest BCUT2D eigenvalue weighted by Crippen LogP contribution is -2.15. The predicted molar refractivity (Wildman–Crippen MR) is 68.0 cm³/mol. The first kappa shape index (κ1) is 13.6. The maximum absolute atomic E-state index is 11.0. The van der Waals surface area contributed by atoms with E-state index in [9.17, 15) is 4.79 Å². The highest BCUT2D eigenvalue weighted by atomic mass is 16.5. The minimum atomic E-state index is 0.121. The summed E-state index contributed by atoms with van der Waals surface area (Å²) in [4.78, 5) is 11.0. The molecule has 0 heterocycles. The molecule has 0 unspecified atom stereocenters. The summed E-state index contributed by atoms with van der Waals surface area (Å²) in [6.45, 7) is 6.60. The second kappa shape index (κ2) is 6.94. The third-order valence-corrected chi connectivity index (χ3v) is 2.63. The van der Waals surface area contributed by atoms with E-state index in [1.165, 1.54) is 0 Å². The number of carbonyl (C=O) groups is 1. The fourth-order valence-corrected chi connectivity index (χ4v) is 1.64. The summed E-state index contributed by atoms with van der Waals surface area (Å²) in [7, 11) is 0. The lowest BCUT2D eigenvalue weighted by atomic mass is 10.2. The van der Waals surface area contributed by atoms with Gasteiger partial charge in [0.1, 0.15) is 0 Å². The maximum atomic E-state index is 11.0. The Labute approximate surface area is 103 Å². The summed E-state index contributed by atoms with van der Waals surface area (Å²) < 4.78 is 11.3. The maximum Gasteiger partial charge on any atom is 0.172 e. The molecule has 1 rings (SSSR count). The minimum absolute atomic E-state index is 0.121. The first-order valence-corrected chi connectivity index (χ1v) is 6.14. The van der Waals surface area contributed by atoms with Crippen LogP contribution in [0.1, 0.15) is 44.0 Å². The van der Waals surface area contributed by atoms with Gasteiger partial charge in [-0.3, -0.25) is 4.79 Å². The third kappa shape index (κ3) is 3.48. The molecule has 0 radical (unpaired) electrons. The molecule has 0 aromatic heterocycles. The fraction of sp³-hybridized carbons (Fsp3) is 0.500. The molecule has 0 aliphatic rings. The number of carbonyl (C=O) groups excluding carboxylic acids is 1. The van der Waals surface area contributed by atoms with Crippen LogP contribution in [0.4, 0.5) is 0 Å². The summed E-state index contributed by atoms with van der Waals surface area (Å²) in [5.74, 6) is 1.21. The van der Waals surface area contributed by atoms with Crippen LogP contribution >= 0.6 is 0 Å². The molecule has 1 aromatic carbocycles. The van der Waals surface area contributed by atoms with Crippen molar-refractivity contribution in [2.75, 3.05) is 6.61 Å². The zero-order valence-corrected chi connectivity index (χ0v) is 10.7. The third-order valence-electron chi connectivity index (χ3n) is 2.63. The van der Waals surface area contributed by atoms with Gasteiger partial charge in [-0.1, -0.05) is 19.9 Å². The molecular weight excluding hydrogens is 216 g/mol. The van der Waals surface area contributed by atoms with Crippen LogP contribution in [0.2, 0.25) is 0 Å². The lowest BCUT2D eigenvalue weighted by molar-refractivity contribution is 0.111. The Morgan fingerprint density at radius 2 is 1.94 bits per heavy atom. The number of benzene rings is 1. The highest BCUT2D eigenvalue weighted by molar-refractivity contribution is 5.81. The van der Waals surface area contributed by atoms with E-state index in [0.29, 0.717) is 23.7 Å². The van der Waals surface area contributed by atoms with Gasteiger partial charge in [0.25, 0.3) is 0 Å². The standard InChI is InChI=1S/C14H20O3/c1-4-12(5-2)17-14-11(10-15)8-7-9-13(14)16-6-3/h7-10,12H,4-6H2,1-3H3. The van der Waals surface area contributed by atoms with Crippen molar-refractivity contribution >= 4 is 6.29 Å². The van der Waals surface area contributed by atoms with Crippen molar-refractivity contribution in [3.8, 4) is 11.5 Å². The van der Waals surface area contributed by atoms with Crippen molar-refractivity contribution < 1.29 is 14.3 Å². The number of hydrogen-bond donors (Lipinski definition) is 0. The summed E-state index contributed by atoms with van der Waals surface area (Å²) in [6, 6.07) is 5.37. The van der Waals surface area contributed by atoms with Crippen molar-refractivity contribution in [2.24, 2.45) is 0 Å². The van der Waals surface area contributed by atoms with Crippen LogP contribution < -0.4 is 9.47 Å². The van der Waals surface area contributed by atoms with E-state index < -0.39 is 0 Å². The van der Waals surface area contributed by atoms with E-state index in [4.69, 9.17) is 9.47 Å². The van der Waals surface area contributed by atoms with Gasteiger partial charge in [-0.25, -0.2) is 0 Å². The van der Waals surface area contributed by atoms with Gasteiger partial charge < -0.3 is 9.47 Å². The number of rotatable bonds is 7. The molecule has 0 N–H and O–H groups in total. The van der Waals surface area contributed by atoms with Crippen LogP contribution in [0.25, 0.3) is 0 Å². The van der Waals surface area contributed by atoms with Crippen molar-refractivity contribution in [1.29, 1.82) is 0 Å². The van der Waals surface area contributed by atoms with E-state index >= 15 is 0 Å². The molecule has 17 heavy (non-hydrogen) atoms. The minimum Gasteiger partial charge on any atom is -0.490 e. The van der Waals surface area contributed by atoms with E-state index in [1.54, 1.807) is 12.1 Å². The monoisotopic (exact) mass is 236 g/mol. The van der Waals surface area contributed by atoms with E-state index in [1.807, 2.05) is 13.0 Å².